The Labute approximate surface area is 168 Å². The number of rotatable bonds is 7. The Balaban J connectivity index is 1.38. The molecule has 0 aliphatic carbocycles. The molecule has 3 aromatic rings. The molecule has 7 heteroatoms. The summed E-state index contributed by atoms with van der Waals surface area (Å²) in [5.41, 5.74) is 3.06. The summed E-state index contributed by atoms with van der Waals surface area (Å²) in [5, 5.41) is 3.84. The van der Waals surface area contributed by atoms with Crippen LogP contribution in [-0.4, -0.2) is 28.0 Å². The van der Waals surface area contributed by atoms with Crippen LogP contribution in [-0.2, 0) is 17.9 Å². The summed E-state index contributed by atoms with van der Waals surface area (Å²) >= 11 is 1.47. The molecule has 2 heterocycles. The van der Waals surface area contributed by atoms with E-state index in [9.17, 15) is 4.79 Å². The van der Waals surface area contributed by atoms with Gasteiger partial charge in [0, 0.05) is 13.1 Å². The summed E-state index contributed by atoms with van der Waals surface area (Å²) in [6, 6.07) is 13.8. The number of hydrogen-bond acceptors (Lipinski definition) is 5. The highest BCUT2D eigenvalue weighted by atomic mass is 32.2. The van der Waals surface area contributed by atoms with Crippen LogP contribution in [0.1, 0.15) is 19.4 Å². The second-order valence-electron chi connectivity index (χ2n) is 7.14. The number of amides is 1. The van der Waals surface area contributed by atoms with E-state index in [-0.39, 0.29) is 12.7 Å². The number of nitrogens with zero attached hydrogens (tertiary/aromatic N) is 2. The quantitative estimate of drug-likeness (QED) is 0.614. The minimum absolute atomic E-state index is 0.0224. The smallest absolute Gasteiger partial charge is 0.231 e. The van der Waals surface area contributed by atoms with Gasteiger partial charge in [0.2, 0.25) is 12.7 Å². The number of imidazole rings is 1. The average molecular weight is 398 g/mol. The first-order valence-corrected chi connectivity index (χ1v) is 10.3. The molecule has 0 radical (unpaired) electrons. The van der Waals surface area contributed by atoms with Crippen LogP contribution >= 0.6 is 11.8 Å². The number of para-hydroxylation sites is 2. The predicted molar refractivity (Wildman–Crippen MR) is 110 cm³/mol. The van der Waals surface area contributed by atoms with Gasteiger partial charge >= 0.3 is 0 Å². The SMILES string of the molecule is CC(C)Cn1c(SCC(=O)NCc2ccc3c(c2)OCO3)nc2ccccc21. The van der Waals surface area contributed by atoms with Gasteiger partial charge < -0.3 is 19.4 Å². The minimum Gasteiger partial charge on any atom is -0.454 e. The molecule has 1 N–H and O–H groups in total. The van der Waals surface area contributed by atoms with Crippen molar-refractivity contribution >= 4 is 28.7 Å². The minimum atomic E-state index is -0.0224. The average Bonchev–Trinajstić information content (AvgIpc) is 3.28. The molecular weight excluding hydrogens is 374 g/mol. The van der Waals surface area contributed by atoms with Crippen LogP contribution in [0, 0.1) is 5.92 Å². The number of fused-ring (bicyclic) bond motifs is 2. The molecule has 1 amide bonds. The van der Waals surface area contributed by atoms with Gasteiger partial charge in [-0.2, -0.15) is 0 Å². The monoisotopic (exact) mass is 397 g/mol. The van der Waals surface area contributed by atoms with Gasteiger partial charge in [-0.15, -0.1) is 0 Å². The normalized spacial score (nSPS) is 12.7. The van der Waals surface area contributed by atoms with Gasteiger partial charge in [0.15, 0.2) is 16.7 Å². The second-order valence-corrected chi connectivity index (χ2v) is 8.08. The Morgan fingerprint density at radius 3 is 2.89 bits per heavy atom. The van der Waals surface area contributed by atoms with Crippen molar-refractivity contribution in [1.82, 2.24) is 14.9 Å². The maximum absolute atomic E-state index is 12.3. The fourth-order valence-corrected chi connectivity index (χ4v) is 3.99. The van der Waals surface area contributed by atoms with E-state index in [0.29, 0.717) is 18.2 Å². The zero-order chi connectivity index (χ0) is 19.5. The van der Waals surface area contributed by atoms with Gasteiger partial charge in [-0.25, -0.2) is 4.98 Å². The highest BCUT2D eigenvalue weighted by molar-refractivity contribution is 7.99. The molecule has 0 saturated heterocycles. The number of hydrogen-bond donors (Lipinski definition) is 1. The molecule has 0 atom stereocenters. The van der Waals surface area contributed by atoms with Crippen molar-refractivity contribution in [3.8, 4) is 11.5 Å². The van der Waals surface area contributed by atoms with Crippen molar-refractivity contribution in [2.75, 3.05) is 12.5 Å². The molecule has 2 aromatic carbocycles. The van der Waals surface area contributed by atoms with E-state index in [1.165, 1.54) is 11.8 Å². The van der Waals surface area contributed by atoms with Gasteiger partial charge in [-0.1, -0.05) is 43.8 Å². The molecule has 1 aliphatic heterocycles. The van der Waals surface area contributed by atoms with Crippen LogP contribution in [0.2, 0.25) is 0 Å². The predicted octanol–water partition coefficient (Wildman–Crippen LogP) is 3.83. The van der Waals surface area contributed by atoms with Crippen molar-refractivity contribution in [1.29, 1.82) is 0 Å². The number of thioether (sulfide) groups is 1. The van der Waals surface area contributed by atoms with Gasteiger partial charge in [-0.05, 0) is 35.7 Å². The molecule has 146 valence electrons. The first-order chi connectivity index (χ1) is 13.6. The lowest BCUT2D eigenvalue weighted by Gasteiger charge is -2.11. The highest BCUT2D eigenvalue weighted by Gasteiger charge is 2.15. The maximum atomic E-state index is 12.3. The molecule has 1 aliphatic rings. The van der Waals surface area contributed by atoms with Crippen molar-refractivity contribution in [3.63, 3.8) is 0 Å². The highest BCUT2D eigenvalue weighted by Crippen LogP contribution is 2.32. The summed E-state index contributed by atoms with van der Waals surface area (Å²) in [5.74, 6) is 2.27. The Hall–Kier alpha value is -2.67. The van der Waals surface area contributed by atoms with Gasteiger partial charge in [0.1, 0.15) is 0 Å². The summed E-state index contributed by atoms with van der Waals surface area (Å²) in [6.07, 6.45) is 0. The zero-order valence-electron chi connectivity index (χ0n) is 16.0. The van der Waals surface area contributed by atoms with E-state index in [1.807, 2.05) is 36.4 Å². The first kappa shape index (κ1) is 18.7. The number of aromatic nitrogens is 2. The van der Waals surface area contributed by atoms with Crippen molar-refractivity contribution in [2.24, 2.45) is 5.92 Å². The third-order valence-corrected chi connectivity index (χ3v) is 5.40. The lowest BCUT2D eigenvalue weighted by atomic mass is 10.2. The Bertz CT molecular complexity index is 1000. The molecule has 0 bridgehead atoms. The van der Waals surface area contributed by atoms with Crippen LogP contribution < -0.4 is 14.8 Å². The third-order valence-electron chi connectivity index (χ3n) is 4.43. The van der Waals surface area contributed by atoms with E-state index >= 15 is 0 Å². The molecule has 0 fully saturated rings. The summed E-state index contributed by atoms with van der Waals surface area (Å²) in [6.45, 7) is 5.95. The summed E-state index contributed by atoms with van der Waals surface area (Å²) in [4.78, 5) is 17.1. The Morgan fingerprint density at radius 2 is 2.04 bits per heavy atom. The molecule has 1 aromatic heterocycles. The fourth-order valence-electron chi connectivity index (χ4n) is 3.14. The molecule has 0 spiro atoms. The fraction of sp³-hybridized carbons (Fsp3) is 0.333. The van der Waals surface area contributed by atoms with Gasteiger partial charge in [-0.3, -0.25) is 4.79 Å². The number of benzene rings is 2. The van der Waals surface area contributed by atoms with Crippen molar-refractivity contribution in [2.45, 2.75) is 32.1 Å². The first-order valence-electron chi connectivity index (χ1n) is 9.33. The van der Waals surface area contributed by atoms with Crippen LogP contribution in [0.4, 0.5) is 0 Å². The van der Waals surface area contributed by atoms with E-state index in [0.717, 1.165) is 39.8 Å². The van der Waals surface area contributed by atoms with E-state index in [4.69, 9.17) is 14.5 Å². The molecule has 6 nitrogen and oxygen atoms in total. The molecule has 0 saturated carbocycles. The lowest BCUT2D eigenvalue weighted by molar-refractivity contribution is -0.118. The van der Waals surface area contributed by atoms with Crippen LogP contribution in [0.3, 0.4) is 0 Å². The molecule has 4 rings (SSSR count). The summed E-state index contributed by atoms with van der Waals surface area (Å²) < 4.78 is 12.9. The third kappa shape index (κ3) is 4.09. The van der Waals surface area contributed by atoms with Crippen molar-refractivity contribution in [3.05, 3.63) is 48.0 Å². The van der Waals surface area contributed by atoms with Gasteiger partial charge in [0.25, 0.3) is 0 Å². The van der Waals surface area contributed by atoms with E-state index in [1.54, 1.807) is 0 Å². The molecule has 28 heavy (non-hydrogen) atoms. The largest absolute Gasteiger partial charge is 0.454 e. The number of nitrogens with one attached hydrogen (secondary N) is 1. The summed E-state index contributed by atoms with van der Waals surface area (Å²) in [7, 11) is 0. The lowest BCUT2D eigenvalue weighted by Crippen LogP contribution is -2.24. The Kier molecular flexibility index (Phi) is 5.43. The van der Waals surface area contributed by atoms with Gasteiger partial charge in [0.05, 0.1) is 16.8 Å². The number of carbonyl (C=O) groups excluding carboxylic acids is 1. The maximum Gasteiger partial charge on any atom is 0.231 e. The van der Waals surface area contributed by atoms with E-state index < -0.39 is 0 Å². The van der Waals surface area contributed by atoms with Crippen LogP contribution in [0.5, 0.6) is 11.5 Å². The molecular formula is C21H23N3O3S. The second kappa shape index (κ2) is 8.14. The van der Waals surface area contributed by atoms with E-state index in [2.05, 4.69) is 29.8 Å². The standard InChI is InChI=1S/C21H23N3O3S/c1-14(2)11-24-17-6-4-3-5-16(17)23-21(24)28-12-20(25)22-10-15-7-8-18-19(9-15)27-13-26-18/h3-9,14H,10-13H2,1-2H3,(H,22,25). The van der Waals surface area contributed by atoms with Crippen LogP contribution in [0.15, 0.2) is 47.6 Å². The number of carbonyl (C=O) groups is 1. The molecule has 0 unspecified atom stereocenters. The zero-order valence-corrected chi connectivity index (χ0v) is 16.8. The number of ether oxygens (including phenoxy) is 2. The van der Waals surface area contributed by atoms with Crippen molar-refractivity contribution < 1.29 is 14.3 Å². The van der Waals surface area contributed by atoms with Crippen LogP contribution in [0.25, 0.3) is 11.0 Å². The topological polar surface area (TPSA) is 65.4 Å². The Morgan fingerprint density at radius 1 is 1.21 bits per heavy atom.